The number of anilines is 1. The van der Waals surface area contributed by atoms with Crippen LogP contribution < -0.4 is 14.3 Å². The first-order valence-corrected chi connectivity index (χ1v) is 10.2. The van der Waals surface area contributed by atoms with E-state index in [-0.39, 0.29) is 12.0 Å². The smallest absolute Gasteiger partial charge is 0.407 e. The number of phenols is 1. The Bertz CT molecular complexity index is 941. The van der Waals surface area contributed by atoms with Gasteiger partial charge in [-0.25, -0.2) is 18.2 Å². The van der Waals surface area contributed by atoms with Crippen molar-refractivity contribution in [3.63, 3.8) is 0 Å². The second-order valence-electron chi connectivity index (χ2n) is 7.82. The summed E-state index contributed by atoms with van der Waals surface area (Å²) in [5, 5.41) is 12.9. The molecule has 1 aromatic rings. The number of aromatic hydroxyl groups is 1. The summed E-state index contributed by atoms with van der Waals surface area (Å²) >= 11 is 0. The summed E-state index contributed by atoms with van der Waals surface area (Å²) in [6.07, 6.45) is 0.359. The van der Waals surface area contributed by atoms with Gasteiger partial charge in [0.05, 0.1) is 0 Å². The number of benzene rings is 1. The summed E-state index contributed by atoms with van der Waals surface area (Å²) in [4.78, 5) is 23.4. The van der Waals surface area contributed by atoms with Gasteiger partial charge in [-0.2, -0.15) is 8.42 Å². The van der Waals surface area contributed by atoms with Crippen LogP contribution >= 0.6 is 0 Å². The summed E-state index contributed by atoms with van der Waals surface area (Å²) in [5.74, 6) is -2.30. The Balaban J connectivity index is 1.88. The highest BCUT2D eigenvalue weighted by Gasteiger charge is 2.39. The predicted octanol–water partition coefficient (Wildman–Crippen LogP) is 1.09. The molecule has 9 nitrogen and oxygen atoms in total. The molecule has 154 valence electrons. The summed E-state index contributed by atoms with van der Waals surface area (Å²) in [6.45, 7) is 4.56. The molecular formula is C17H22FN3O6S. The number of hydrogen-bond acceptors (Lipinski definition) is 6. The molecule has 0 unspecified atom stereocenters. The number of carbonyl (C=O) groups is 2. The number of phenolic OH excluding ortho intramolecular Hbond substituents is 1. The lowest BCUT2D eigenvalue weighted by molar-refractivity contribution is -0.117. The SMILES string of the molecule is CC(C)(C)OC(=O)N[C@@H]1CCc2cc(O)c(N3CC(=O)NS3(=O)=O)c(F)c2C1. The Kier molecular flexibility index (Phi) is 4.90. The van der Waals surface area contributed by atoms with Crippen LogP contribution in [0.15, 0.2) is 6.07 Å². The number of halogens is 1. The molecule has 0 saturated carbocycles. The zero-order chi connectivity index (χ0) is 20.9. The van der Waals surface area contributed by atoms with E-state index in [1.54, 1.807) is 25.5 Å². The predicted molar refractivity (Wildman–Crippen MR) is 97.7 cm³/mol. The Morgan fingerprint density at radius 1 is 1.43 bits per heavy atom. The second-order valence-corrected chi connectivity index (χ2v) is 9.41. The number of alkyl carbamates (subject to hydrolysis) is 1. The molecule has 1 atom stereocenters. The normalized spacial score (nSPS) is 21.1. The molecular weight excluding hydrogens is 393 g/mol. The van der Waals surface area contributed by atoms with Gasteiger partial charge in [-0.3, -0.25) is 4.79 Å². The Labute approximate surface area is 162 Å². The summed E-state index contributed by atoms with van der Waals surface area (Å²) in [6, 6.07) is 0.889. The van der Waals surface area contributed by atoms with Gasteiger partial charge in [-0.15, -0.1) is 0 Å². The molecule has 3 rings (SSSR count). The Hall–Kier alpha value is -2.56. The number of aryl methyl sites for hydroxylation is 1. The number of hydrogen-bond donors (Lipinski definition) is 3. The van der Waals surface area contributed by atoms with Crippen LogP contribution in [0.5, 0.6) is 5.75 Å². The van der Waals surface area contributed by atoms with Gasteiger partial charge in [0.1, 0.15) is 23.6 Å². The third kappa shape index (κ3) is 3.98. The van der Waals surface area contributed by atoms with Crippen LogP contribution in [0.25, 0.3) is 0 Å². The molecule has 1 aromatic carbocycles. The lowest BCUT2D eigenvalue weighted by Gasteiger charge is -2.29. The molecule has 28 heavy (non-hydrogen) atoms. The fourth-order valence-corrected chi connectivity index (χ4v) is 4.48. The topological polar surface area (TPSA) is 125 Å². The molecule has 0 spiro atoms. The molecule has 1 heterocycles. The molecule has 3 N–H and O–H groups in total. The number of fused-ring (bicyclic) bond motifs is 1. The van der Waals surface area contributed by atoms with E-state index in [9.17, 15) is 23.1 Å². The van der Waals surface area contributed by atoms with E-state index in [2.05, 4.69) is 5.32 Å². The van der Waals surface area contributed by atoms with E-state index in [0.29, 0.717) is 22.7 Å². The van der Waals surface area contributed by atoms with Crippen LogP contribution in [0.1, 0.15) is 38.3 Å². The van der Waals surface area contributed by atoms with E-state index in [1.165, 1.54) is 6.07 Å². The maximum absolute atomic E-state index is 15.2. The van der Waals surface area contributed by atoms with E-state index < -0.39 is 57.7 Å². The van der Waals surface area contributed by atoms with Crippen molar-refractivity contribution in [3.8, 4) is 5.75 Å². The van der Waals surface area contributed by atoms with E-state index >= 15 is 4.39 Å². The van der Waals surface area contributed by atoms with Crippen molar-refractivity contribution >= 4 is 27.9 Å². The summed E-state index contributed by atoms with van der Waals surface area (Å²) in [5.41, 5.74) is -0.536. The molecule has 0 bridgehead atoms. The van der Waals surface area contributed by atoms with E-state index in [0.717, 1.165) is 0 Å². The summed E-state index contributed by atoms with van der Waals surface area (Å²) < 4.78 is 46.7. The van der Waals surface area contributed by atoms with Crippen LogP contribution in [0, 0.1) is 5.82 Å². The first kappa shape index (κ1) is 20.2. The van der Waals surface area contributed by atoms with Gasteiger partial charge < -0.3 is 15.2 Å². The molecule has 0 radical (unpaired) electrons. The first-order valence-electron chi connectivity index (χ1n) is 8.73. The molecule has 0 aromatic heterocycles. The van der Waals surface area contributed by atoms with Crippen LogP contribution in [0.3, 0.4) is 0 Å². The first-order chi connectivity index (χ1) is 12.9. The van der Waals surface area contributed by atoms with Crippen LogP contribution in [-0.2, 0) is 32.6 Å². The van der Waals surface area contributed by atoms with E-state index in [4.69, 9.17) is 4.74 Å². The van der Waals surface area contributed by atoms with Crippen molar-refractivity contribution in [2.24, 2.45) is 0 Å². The highest BCUT2D eigenvalue weighted by atomic mass is 32.2. The molecule has 11 heteroatoms. The third-order valence-electron chi connectivity index (χ3n) is 4.42. The largest absolute Gasteiger partial charge is 0.506 e. The molecule has 1 fully saturated rings. The molecule has 1 aliphatic heterocycles. The standard InChI is InChI=1S/C17H22FN3O6S/c1-17(2,3)27-16(24)19-10-5-4-9-6-12(22)15(14(18)11(9)7-10)21-8-13(23)20-28(21,25)26/h6,10,22H,4-5,7-8H2,1-3H3,(H,19,24)(H,20,23)/t10-/m1/s1. The van der Waals surface area contributed by atoms with Gasteiger partial charge in [-0.1, -0.05) is 0 Å². The van der Waals surface area contributed by atoms with Crippen molar-refractivity contribution < 1.29 is 32.2 Å². The van der Waals surface area contributed by atoms with Gasteiger partial charge >= 0.3 is 16.3 Å². The minimum Gasteiger partial charge on any atom is -0.506 e. The van der Waals surface area contributed by atoms with Gasteiger partial charge in [0.2, 0.25) is 0 Å². The minimum absolute atomic E-state index is 0.100. The number of nitrogens with zero attached hydrogens (tertiary/aromatic N) is 1. The summed E-state index contributed by atoms with van der Waals surface area (Å²) in [7, 11) is -4.27. The quantitative estimate of drug-likeness (QED) is 0.664. The van der Waals surface area contributed by atoms with E-state index in [1.807, 2.05) is 0 Å². The number of amides is 2. The van der Waals surface area contributed by atoms with Crippen LogP contribution in [0.4, 0.5) is 14.9 Å². The third-order valence-corrected chi connectivity index (χ3v) is 5.79. The lowest BCUT2D eigenvalue weighted by Crippen LogP contribution is -2.42. The highest BCUT2D eigenvalue weighted by Crippen LogP contribution is 2.39. The maximum Gasteiger partial charge on any atom is 0.407 e. The number of nitrogens with one attached hydrogen (secondary N) is 2. The fraction of sp³-hybridized carbons (Fsp3) is 0.529. The fourth-order valence-electron chi connectivity index (χ4n) is 3.32. The Morgan fingerprint density at radius 3 is 2.68 bits per heavy atom. The average molecular weight is 415 g/mol. The maximum atomic E-state index is 15.2. The molecule has 2 aliphatic rings. The van der Waals surface area contributed by atoms with Crippen LogP contribution in [-0.4, -0.2) is 43.7 Å². The van der Waals surface area contributed by atoms with Gasteiger partial charge in [-0.05, 0) is 57.2 Å². The second kappa shape index (κ2) is 6.80. The van der Waals surface area contributed by atoms with Crippen molar-refractivity contribution in [2.45, 2.75) is 51.7 Å². The number of ether oxygens (including phenoxy) is 1. The zero-order valence-electron chi connectivity index (χ0n) is 15.7. The minimum atomic E-state index is -4.27. The van der Waals surface area contributed by atoms with Gasteiger partial charge in [0.15, 0.2) is 5.82 Å². The van der Waals surface area contributed by atoms with Gasteiger partial charge in [0.25, 0.3) is 5.91 Å². The average Bonchev–Trinajstić information content (AvgIpc) is 2.78. The number of carbonyl (C=O) groups excluding carboxylic acids is 2. The molecule has 1 aliphatic carbocycles. The molecule has 2 amide bonds. The number of rotatable bonds is 2. The van der Waals surface area contributed by atoms with Gasteiger partial charge in [0, 0.05) is 6.04 Å². The highest BCUT2D eigenvalue weighted by molar-refractivity contribution is 7.92. The van der Waals surface area contributed by atoms with Crippen molar-refractivity contribution in [1.82, 2.24) is 10.0 Å². The van der Waals surface area contributed by atoms with Crippen molar-refractivity contribution in [1.29, 1.82) is 0 Å². The Morgan fingerprint density at radius 2 is 2.11 bits per heavy atom. The lowest BCUT2D eigenvalue weighted by atomic mass is 9.87. The van der Waals surface area contributed by atoms with Crippen molar-refractivity contribution in [2.75, 3.05) is 10.8 Å². The van der Waals surface area contributed by atoms with Crippen molar-refractivity contribution in [3.05, 3.63) is 23.0 Å². The van der Waals surface area contributed by atoms with Crippen LogP contribution in [0.2, 0.25) is 0 Å². The zero-order valence-corrected chi connectivity index (χ0v) is 16.5. The monoisotopic (exact) mass is 415 g/mol. The molecule has 1 saturated heterocycles.